The Morgan fingerprint density at radius 2 is 1.88 bits per heavy atom. The highest BCUT2D eigenvalue weighted by atomic mass is 35.5. The third-order valence-corrected chi connectivity index (χ3v) is 13.4. The number of thiophene rings is 1. The molecule has 1 amide bonds. The summed E-state index contributed by atoms with van der Waals surface area (Å²) < 4.78 is 10.9. The van der Waals surface area contributed by atoms with Crippen LogP contribution in [0.3, 0.4) is 0 Å². The molecule has 2 aliphatic heterocycles. The number of halogens is 1. The predicted molar refractivity (Wildman–Crippen MR) is 252 cm³/mol. The molecule has 3 fully saturated rings. The summed E-state index contributed by atoms with van der Waals surface area (Å²) in [5, 5.41) is 55.0. The molecule has 1 aromatic carbocycles. The third kappa shape index (κ3) is 11.9. The predicted octanol–water partition coefficient (Wildman–Crippen LogP) is 9.17. The highest BCUT2D eigenvalue weighted by Crippen LogP contribution is 2.51. The van der Waals surface area contributed by atoms with Crippen LogP contribution in [0.15, 0.2) is 70.6 Å². The van der Waals surface area contributed by atoms with Crippen molar-refractivity contribution < 1.29 is 19.1 Å². The number of rotatable bonds is 8. The second-order valence-electron chi connectivity index (χ2n) is 16.8. The Hall–Kier alpha value is -6.18. The summed E-state index contributed by atoms with van der Waals surface area (Å²) in [7, 11) is 0. The Labute approximate surface area is 383 Å². The number of hydrogen-bond donors (Lipinski definition) is 6. The van der Waals surface area contributed by atoms with Gasteiger partial charge in [0.15, 0.2) is 5.89 Å². The number of pyridine rings is 1. The van der Waals surface area contributed by atoms with Gasteiger partial charge in [-0.05, 0) is 113 Å². The van der Waals surface area contributed by atoms with Crippen molar-refractivity contribution in [3.8, 4) is 17.7 Å². The molecule has 3 aromatic heterocycles. The van der Waals surface area contributed by atoms with Gasteiger partial charge in [0.05, 0.1) is 35.6 Å². The largest absolute Gasteiger partial charge is 0.508 e. The van der Waals surface area contributed by atoms with Crippen LogP contribution in [0.4, 0.5) is 5.00 Å². The molecule has 0 bridgehead atoms. The maximum absolute atomic E-state index is 12.5. The van der Waals surface area contributed by atoms with Crippen molar-refractivity contribution >= 4 is 62.8 Å². The smallest absolute Gasteiger partial charge is 0.269 e. The van der Waals surface area contributed by atoms with E-state index in [9.17, 15) is 4.79 Å². The minimum Gasteiger partial charge on any atom is -0.508 e. The zero-order valence-corrected chi connectivity index (χ0v) is 38.3. The first-order valence-corrected chi connectivity index (χ1v) is 22.7. The van der Waals surface area contributed by atoms with Gasteiger partial charge >= 0.3 is 0 Å². The van der Waals surface area contributed by atoms with Gasteiger partial charge in [-0.2, -0.15) is 5.26 Å². The van der Waals surface area contributed by atoms with Gasteiger partial charge in [-0.15, -0.1) is 11.3 Å². The molecular weight excluding hydrogens is 850 g/mol. The van der Waals surface area contributed by atoms with Crippen LogP contribution in [0.1, 0.15) is 97.7 Å². The Bertz CT molecular complexity index is 2440. The van der Waals surface area contributed by atoms with Gasteiger partial charge in [-0.25, -0.2) is 9.97 Å². The number of aryl methyl sites for hydroxylation is 2. The first kappa shape index (κ1) is 47.3. The van der Waals surface area contributed by atoms with Crippen LogP contribution in [-0.2, 0) is 4.79 Å². The van der Waals surface area contributed by atoms with E-state index in [0.717, 1.165) is 103 Å². The Morgan fingerprint density at radius 1 is 1.11 bits per heavy atom. The van der Waals surface area contributed by atoms with E-state index in [0.29, 0.717) is 35.6 Å². The number of likely N-dealkylation sites (tertiary alicyclic amines) is 1. The van der Waals surface area contributed by atoms with Gasteiger partial charge < -0.3 is 24.5 Å². The molecule has 4 aliphatic rings. The SMILES string of the molecule is CC(=N)N1C(=N)CN=C(c2ccc(OCC3CC4(CCCN(C(=N)/C=C\C(=N)C(=O)NC5CCCCC5)C4)C3)nc2)c2c1sc(C)c2C.Cc1ncco1.N#Cc1ccc(O)cc1Cl. The summed E-state index contributed by atoms with van der Waals surface area (Å²) in [6, 6.07) is 10.1. The minimum absolute atomic E-state index is 0.0731. The maximum atomic E-state index is 12.5. The van der Waals surface area contributed by atoms with E-state index in [-0.39, 0.29) is 46.2 Å². The van der Waals surface area contributed by atoms with Gasteiger partial charge in [0.2, 0.25) is 5.88 Å². The van der Waals surface area contributed by atoms with Crippen LogP contribution in [0.2, 0.25) is 5.02 Å². The number of benzene rings is 1. The number of piperidine rings is 1. The minimum atomic E-state index is -0.348. The number of aliphatic imine (C=N–C) groups is 1. The molecule has 6 N–H and O–H groups in total. The lowest BCUT2D eigenvalue weighted by atomic mass is 9.58. The lowest BCUT2D eigenvalue weighted by molar-refractivity contribution is -0.115. The number of nitrogens with one attached hydrogen (secondary N) is 5. The van der Waals surface area contributed by atoms with Crippen molar-refractivity contribution in [2.24, 2.45) is 16.3 Å². The number of carbonyl (C=O) groups excluding carboxylic acids is 1. The highest BCUT2D eigenvalue weighted by molar-refractivity contribution is 7.17. The molecule has 2 saturated carbocycles. The van der Waals surface area contributed by atoms with E-state index in [4.69, 9.17) is 57.8 Å². The topological polar surface area (TPSA) is 236 Å². The standard InChI is InChI=1S/C36H47N9O2S.C7H4ClNO.C4H5NO/c1-22-23(2)48-35-32(22)33(42-19-30(40)45(35)24(3)37)26-10-13-31(41-18-26)47-20-25-16-36(17-25)14-7-15-44(21-36)29(39)12-11-28(38)34(46)43-27-8-5-4-6-9-27;8-7-3-6(10)2-1-5(7)4-9;1-4-5-2-3-6-4/h10-13,18,25,27,37-40H,4-9,14-17,19-21H2,1-3H3,(H,43,46);1-3,10H;2-3H,1H3/b12-11-,37-24?,38-28?,39-29?,40-30?;;. The highest BCUT2D eigenvalue weighted by Gasteiger charge is 2.47. The van der Waals surface area contributed by atoms with Gasteiger partial charge in [-0.1, -0.05) is 30.9 Å². The fourth-order valence-corrected chi connectivity index (χ4v) is 10.1. The zero-order valence-electron chi connectivity index (χ0n) is 36.8. The molecule has 64 heavy (non-hydrogen) atoms. The van der Waals surface area contributed by atoms with Crippen molar-refractivity contribution in [3.63, 3.8) is 0 Å². The number of nitrogens with zero attached hydrogens (tertiary/aromatic N) is 6. The average molecular weight is 907 g/mol. The normalized spacial score (nSPS) is 19.4. The van der Waals surface area contributed by atoms with Crippen molar-refractivity contribution in [1.82, 2.24) is 20.2 Å². The van der Waals surface area contributed by atoms with Gasteiger partial charge in [0.1, 0.15) is 46.3 Å². The molecule has 17 heteroatoms. The van der Waals surface area contributed by atoms with Crippen LogP contribution in [0.5, 0.6) is 11.6 Å². The summed E-state index contributed by atoms with van der Waals surface area (Å²) in [6.07, 6.45) is 17.7. The summed E-state index contributed by atoms with van der Waals surface area (Å²) >= 11 is 7.14. The van der Waals surface area contributed by atoms with Gasteiger partial charge in [0, 0.05) is 54.3 Å². The lowest BCUT2D eigenvalue weighted by Crippen LogP contribution is -2.52. The number of amides is 1. The number of amidine groups is 3. The number of anilines is 1. The Morgan fingerprint density at radius 3 is 2.50 bits per heavy atom. The van der Waals surface area contributed by atoms with E-state index in [1.54, 1.807) is 54.8 Å². The summed E-state index contributed by atoms with van der Waals surface area (Å²) in [5.74, 6) is 2.40. The number of phenols is 1. The van der Waals surface area contributed by atoms with Crippen molar-refractivity contribution in [3.05, 3.63) is 99.2 Å². The fraction of sp³-hybridized carbons (Fsp3) is 0.426. The third-order valence-electron chi connectivity index (χ3n) is 11.9. The Balaban J connectivity index is 0.000000355. The quantitative estimate of drug-likeness (QED) is 0.0729. The van der Waals surface area contributed by atoms with Gasteiger partial charge in [-0.3, -0.25) is 36.3 Å². The average Bonchev–Trinajstić information content (AvgIpc) is 3.83. The van der Waals surface area contributed by atoms with Crippen LogP contribution < -0.4 is 15.0 Å². The number of hydrogen-bond acceptors (Lipinski definition) is 13. The number of aromatic nitrogens is 2. The second kappa shape index (κ2) is 21.5. The summed E-state index contributed by atoms with van der Waals surface area (Å²) in [5.41, 5.74) is 4.19. The first-order chi connectivity index (χ1) is 30.7. The maximum Gasteiger partial charge on any atom is 0.269 e. The molecule has 0 radical (unpaired) electrons. The van der Waals surface area contributed by atoms with E-state index < -0.39 is 0 Å². The van der Waals surface area contributed by atoms with Crippen LogP contribution in [-0.4, -0.2) is 87.1 Å². The zero-order chi connectivity index (χ0) is 46.0. The molecule has 15 nitrogen and oxygen atoms in total. The fourth-order valence-electron chi connectivity index (χ4n) is 8.64. The molecule has 336 valence electrons. The molecule has 1 saturated heterocycles. The second-order valence-corrected chi connectivity index (χ2v) is 18.4. The Kier molecular flexibility index (Phi) is 15.9. The number of oxazole rings is 1. The summed E-state index contributed by atoms with van der Waals surface area (Å²) in [6.45, 7) is 10.1. The monoisotopic (exact) mass is 905 g/mol. The van der Waals surface area contributed by atoms with E-state index in [1.807, 2.05) is 18.2 Å². The number of aromatic hydroxyl groups is 1. The van der Waals surface area contributed by atoms with Gasteiger partial charge in [0.25, 0.3) is 5.91 Å². The molecule has 4 aromatic rings. The van der Waals surface area contributed by atoms with Crippen LogP contribution >= 0.6 is 22.9 Å². The summed E-state index contributed by atoms with van der Waals surface area (Å²) in [4.78, 5) is 30.5. The number of fused-ring (bicyclic) bond motifs is 1. The molecule has 1 spiro atoms. The van der Waals surface area contributed by atoms with Crippen molar-refractivity contribution in [2.45, 2.75) is 91.5 Å². The molecule has 2 aliphatic carbocycles. The molecular formula is C47H56ClN11O4S. The van der Waals surface area contributed by atoms with Crippen molar-refractivity contribution in [1.29, 1.82) is 26.9 Å². The van der Waals surface area contributed by atoms with Crippen molar-refractivity contribution in [2.75, 3.05) is 31.1 Å². The molecule has 0 atom stereocenters. The molecule has 5 heterocycles. The molecule has 8 rings (SSSR count). The number of nitriles is 1. The lowest BCUT2D eigenvalue weighted by Gasteiger charge is -2.53. The number of carbonyl (C=O) groups is 1. The van der Waals surface area contributed by atoms with E-state index in [2.05, 4.69) is 34.0 Å². The van der Waals surface area contributed by atoms with E-state index in [1.165, 1.54) is 30.7 Å². The number of phenolic OH excluding ortho intramolecular Hbond substituents is 1. The molecule has 0 unspecified atom stereocenters. The first-order valence-electron chi connectivity index (χ1n) is 21.5. The van der Waals surface area contributed by atoms with Crippen LogP contribution in [0, 0.1) is 65.1 Å². The van der Waals surface area contributed by atoms with Crippen LogP contribution in [0.25, 0.3) is 0 Å². The van der Waals surface area contributed by atoms with E-state index >= 15 is 0 Å². The number of ether oxygens (including phenoxy) is 1.